The van der Waals surface area contributed by atoms with Gasteiger partial charge >= 0.3 is 0 Å². The van der Waals surface area contributed by atoms with Crippen molar-refractivity contribution >= 4 is 38.9 Å². The van der Waals surface area contributed by atoms with Gasteiger partial charge in [0, 0.05) is 17.1 Å². The van der Waals surface area contributed by atoms with Crippen LogP contribution in [0.2, 0.25) is 5.02 Å². The summed E-state index contributed by atoms with van der Waals surface area (Å²) in [6.45, 7) is 2.71. The number of ether oxygens (including phenoxy) is 1. The van der Waals surface area contributed by atoms with Crippen molar-refractivity contribution < 1.29 is 17.9 Å². The summed E-state index contributed by atoms with van der Waals surface area (Å²) in [6.07, 6.45) is 1.75. The van der Waals surface area contributed by atoms with Crippen molar-refractivity contribution in [2.75, 3.05) is 29.0 Å². The number of sulfonamides is 1. The van der Waals surface area contributed by atoms with Gasteiger partial charge in [-0.3, -0.25) is 9.10 Å². The maximum Gasteiger partial charge on any atom is 0.255 e. The number of anilines is 2. The van der Waals surface area contributed by atoms with Crippen LogP contribution in [0.5, 0.6) is 5.75 Å². The van der Waals surface area contributed by atoms with E-state index >= 15 is 0 Å². The molecule has 6 nitrogen and oxygen atoms in total. The van der Waals surface area contributed by atoms with Crippen LogP contribution in [0.4, 0.5) is 11.4 Å². The Morgan fingerprint density at radius 1 is 1.27 bits per heavy atom. The number of nitrogens with zero attached hydrogens (tertiary/aromatic N) is 1. The molecule has 1 amide bonds. The highest BCUT2D eigenvalue weighted by atomic mass is 35.5. The van der Waals surface area contributed by atoms with Gasteiger partial charge in [0.1, 0.15) is 5.75 Å². The van der Waals surface area contributed by atoms with E-state index in [0.29, 0.717) is 47.3 Å². The lowest BCUT2D eigenvalue weighted by Crippen LogP contribution is -2.27. The predicted molar refractivity (Wildman–Crippen MR) is 103 cm³/mol. The average molecular weight is 395 g/mol. The number of halogens is 1. The minimum absolute atomic E-state index is 0.311. The SMILES string of the molecule is CCOc1ccc(Cl)cc1NC(=O)c1ccc2c(c1)CCN2S(C)(=O)=O. The van der Waals surface area contributed by atoms with Crippen molar-refractivity contribution in [1.82, 2.24) is 0 Å². The van der Waals surface area contributed by atoms with Gasteiger partial charge in [-0.25, -0.2) is 8.42 Å². The van der Waals surface area contributed by atoms with Crippen LogP contribution in [0.25, 0.3) is 0 Å². The number of fused-ring (bicyclic) bond motifs is 1. The monoisotopic (exact) mass is 394 g/mol. The van der Waals surface area contributed by atoms with Crippen LogP contribution in [0.3, 0.4) is 0 Å². The second kappa shape index (κ2) is 7.17. The van der Waals surface area contributed by atoms with Crippen LogP contribution >= 0.6 is 11.6 Å². The Balaban J connectivity index is 1.85. The number of nitrogens with one attached hydrogen (secondary N) is 1. The van der Waals surface area contributed by atoms with Crippen LogP contribution in [0.15, 0.2) is 36.4 Å². The summed E-state index contributed by atoms with van der Waals surface area (Å²) >= 11 is 6.01. The van der Waals surface area contributed by atoms with Crippen LogP contribution in [-0.4, -0.2) is 33.7 Å². The molecule has 2 aromatic carbocycles. The highest BCUT2D eigenvalue weighted by molar-refractivity contribution is 7.92. The first kappa shape index (κ1) is 18.5. The van der Waals surface area contributed by atoms with E-state index in [1.54, 1.807) is 36.4 Å². The topological polar surface area (TPSA) is 75.7 Å². The Labute approximate surface area is 157 Å². The molecule has 8 heteroatoms. The number of benzene rings is 2. The summed E-state index contributed by atoms with van der Waals surface area (Å²) in [5, 5.41) is 3.29. The lowest BCUT2D eigenvalue weighted by molar-refractivity contribution is 0.102. The van der Waals surface area contributed by atoms with Gasteiger partial charge in [0.2, 0.25) is 10.0 Å². The molecule has 0 bridgehead atoms. The molecular formula is C18H19ClN2O4S. The van der Waals surface area contributed by atoms with Gasteiger partial charge in [-0.05, 0) is 55.3 Å². The molecule has 0 aliphatic carbocycles. The lowest BCUT2D eigenvalue weighted by atomic mass is 10.1. The van der Waals surface area contributed by atoms with E-state index < -0.39 is 10.0 Å². The van der Waals surface area contributed by atoms with E-state index in [4.69, 9.17) is 16.3 Å². The Hall–Kier alpha value is -2.25. The Kier molecular flexibility index (Phi) is 5.11. The summed E-state index contributed by atoms with van der Waals surface area (Å²) < 4.78 is 30.5. The molecule has 0 unspecified atom stereocenters. The lowest BCUT2D eigenvalue weighted by Gasteiger charge is -2.16. The zero-order chi connectivity index (χ0) is 18.9. The molecule has 0 aromatic heterocycles. The minimum atomic E-state index is -3.31. The van der Waals surface area contributed by atoms with E-state index in [1.165, 1.54) is 10.6 Å². The Morgan fingerprint density at radius 2 is 2.04 bits per heavy atom. The molecule has 0 saturated heterocycles. The quantitative estimate of drug-likeness (QED) is 0.844. The van der Waals surface area contributed by atoms with Crippen molar-refractivity contribution in [2.24, 2.45) is 0 Å². The Bertz CT molecular complexity index is 960. The first-order chi connectivity index (χ1) is 12.3. The van der Waals surface area contributed by atoms with E-state index in [9.17, 15) is 13.2 Å². The third kappa shape index (κ3) is 3.78. The van der Waals surface area contributed by atoms with Gasteiger partial charge in [-0.2, -0.15) is 0 Å². The third-order valence-corrected chi connectivity index (χ3v) is 5.50. The molecule has 1 heterocycles. The first-order valence-electron chi connectivity index (χ1n) is 8.14. The highest BCUT2D eigenvalue weighted by Crippen LogP contribution is 2.32. The standard InChI is InChI=1S/C18H19ClN2O4S/c1-3-25-17-7-5-14(19)11-15(17)20-18(22)13-4-6-16-12(10-13)8-9-21(16)26(2,23)24/h4-7,10-11H,3,8-9H2,1-2H3,(H,20,22). The number of hydrogen-bond donors (Lipinski definition) is 1. The minimum Gasteiger partial charge on any atom is -0.492 e. The van der Waals surface area contributed by atoms with E-state index in [-0.39, 0.29) is 5.91 Å². The molecule has 1 N–H and O–H groups in total. The number of rotatable bonds is 5. The fourth-order valence-corrected chi connectivity index (χ4v) is 4.06. The summed E-state index contributed by atoms with van der Waals surface area (Å²) in [4.78, 5) is 12.6. The van der Waals surface area contributed by atoms with Crippen molar-refractivity contribution in [1.29, 1.82) is 0 Å². The number of carbonyl (C=O) groups is 1. The molecule has 26 heavy (non-hydrogen) atoms. The van der Waals surface area contributed by atoms with Gasteiger partial charge in [-0.15, -0.1) is 0 Å². The van der Waals surface area contributed by atoms with E-state index in [0.717, 1.165) is 5.56 Å². The van der Waals surface area contributed by atoms with Gasteiger partial charge in [-0.1, -0.05) is 11.6 Å². The molecule has 0 fully saturated rings. The van der Waals surface area contributed by atoms with E-state index in [2.05, 4.69) is 5.32 Å². The fraction of sp³-hybridized carbons (Fsp3) is 0.278. The van der Waals surface area contributed by atoms with Crippen molar-refractivity contribution in [3.63, 3.8) is 0 Å². The molecule has 138 valence electrons. The van der Waals surface area contributed by atoms with Crippen LogP contribution in [0, 0.1) is 0 Å². The van der Waals surface area contributed by atoms with Gasteiger partial charge < -0.3 is 10.1 Å². The summed E-state index contributed by atoms with van der Waals surface area (Å²) in [5.74, 6) is 0.225. The maximum absolute atomic E-state index is 12.6. The van der Waals surface area contributed by atoms with Gasteiger partial charge in [0.25, 0.3) is 5.91 Å². The van der Waals surface area contributed by atoms with Crippen molar-refractivity contribution in [3.8, 4) is 5.75 Å². The number of hydrogen-bond acceptors (Lipinski definition) is 4. The first-order valence-corrected chi connectivity index (χ1v) is 10.4. The molecule has 2 aromatic rings. The largest absolute Gasteiger partial charge is 0.492 e. The molecule has 0 radical (unpaired) electrons. The molecule has 0 saturated carbocycles. The predicted octanol–water partition coefficient (Wildman–Crippen LogP) is 3.31. The molecule has 0 spiro atoms. The van der Waals surface area contributed by atoms with Gasteiger partial charge in [0.15, 0.2) is 0 Å². The molecular weight excluding hydrogens is 376 g/mol. The average Bonchev–Trinajstić information content (AvgIpc) is 3.00. The van der Waals surface area contributed by atoms with Gasteiger partial charge in [0.05, 0.1) is 24.2 Å². The summed E-state index contributed by atoms with van der Waals surface area (Å²) in [7, 11) is -3.31. The molecule has 1 aliphatic rings. The smallest absolute Gasteiger partial charge is 0.255 e. The van der Waals surface area contributed by atoms with Crippen LogP contribution < -0.4 is 14.4 Å². The van der Waals surface area contributed by atoms with Crippen molar-refractivity contribution in [3.05, 3.63) is 52.5 Å². The summed E-state index contributed by atoms with van der Waals surface area (Å²) in [6, 6.07) is 10.0. The zero-order valence-corrected chi connectivity index (χ0v) is 16.0. The molecule has 0 atom stereocenters. The normalized spacial score (nSPS) is 13.4. The van der Waals surface area contributed by atoms with Crippen LogP contribution in [0.1, 0.15) is 22.8 Å². The molecule has 1 aliphatic heterocycles. The maximum atomic E-state index is 12.6. The highest BCUT2D eigenvalue weighted by Gasteiger charge is 2.26. The van der Waals surface area contributed by atoms with E-state index in [1.807, 2.05) is 6.92 Å². The zero-order valence-electron chi connectivity index (χ0n) is 14.5. The second-order valence-corrected chi connectivity index (χ2v) is 8.30. The summed E-state index contributed by atoms with van der Waals surface area (Å²) in [5.41, 5.74) is 2.39. The van der Waals surface area contributed by atoms with Crippen LogP contribution in [-0.2, 0) is 16.4 Å². The van der Waals surface area contributed by atoms with Crippen molar-refractivity contribution in [2.45, 2.75) is 13.3 Å². The number of carbonyl (C=O) groups excluding carboxylic acids is 1. The molecule has 3 rings (SSSR count). The third-order valence-electron chi connectivity index (χ3n) is 4.08. The fourth-order valence-electron chi connectivity index (χ4n) is 2.93. The second-order valence-electron chi connectivity index (χ2n) is 5.96. The number of amides is 1. The Morgan fingerprint density at radius 3 is 2.73 bits per heavy atom.